The molecule has 36 heavy (non-hydrogen) atoms. The zero-order chi connectivity index (χ0) is 24.9. The number of ether oxygens (including phenoxy) is 1. The summed E-state index contributed by atoms with van der Waals surface area (Å²) in [5.41, 5.74) is 1.64. The molecule has 0 spiro atoms. The quantitative estimate of drug-likeness (QED) is 0.396. The molecule has 3 aromatic carbocycles. The van der Waals surface area contributed by atoms with Crippen molar-refractivity contribution in [2.75, 3.05) is 0 Å². The first-order valence-corrected chi connectivity index (χ1v) is 13.0. The van der Waals surface area contributed by atoms with Gasteiger partial charge in [0.1, 0.15) is 11.4 Å². The van der Waals surface area contributed by atoms with E-state index in [1.54, 1.807) is 16.7 Å². The number of carbonyl (C=O) groups excluding carboxylic acids is 3. The Morgan fingerprint density at radius 2 is 1.53 bits per heavy atom. The molecule has 182 valence electrons. The lowest BCUT2D eigenvalue weighted by Crippen LogP contribution is -2.72. The summed E-state index contributed by atoms with van der Waals surface area (Å²) >= 11 is 1.59. The molecule has 4 atom stereocenters. The Bertz CT molecular complexity index is 1280. The fourth-order valence-corrected chi connectivity index (χ4v) is 7.41. The Hall–Kier alpha value is -3.58. The van der Waals surface area contributed by atoms with Gasteiger partial charge in [-0.25, -0.2) is 4.79 Å². The number of hydrogen-bond donors (Lipinski definition) is 1. The molecule has 3 fully saturated rings. The van der Waals surface area contributed by atoms with Crippen LogP contribution in [0.1, 0.15) is 36.1 Å². The molecule has 2 saturated heterocycles. The number of nitrogens with one attached hydrogen (secondary N) is 1. The standard InChI is InChI=1S/C29H26N2O4S/c1-28-18-29(28,27(34)35-24(20-13-7-3-8-14-20)21-15-9-4-10-16-21)31-25(33)23(26(31)36-28)30-22(32)17-19-11-5-2-6-12-19/h2-16,23-24,26H,17-18H2,1H3,(H,30,32)/t23-,26-,28+,29+/m1/s1. The monoisotopic (exact) mass is 498 g/mol. The molecule has 0 radical (unpaired) electrons. The van der Waals surface area contributed by atoms with Gasteiger partial charge in [0.2, 0.25) is 11.8 Å². The van der Waals surface area contributed by atoms with E-state index in [0.29, 0.717) is 6.42 Å². The fourth-order valence-electron chi connectivity index (χ4n) is 5.49. The van der Waals surface area contributed by atoms with Crippen LogP contribution in [0.5, 0.6) is 0 Å². The second kappa shape index (κ2) is 8.52. The third-order valence-corrected chi connectivity index (χ3v) is 9.20. The molecule has 0 bridgehead atoms. The zero-order valence-corrected chi connectivity index (χ0v) is 20.6. The Kier molecular flexibility index (Phi) is 5.41. The number of amides is 2. The van der Waals surface area contributed by atoms with Crippen molar-refractivity contribution in [3.05, 3.63) is 108 Å². The van der Waals surface area contributed by atoms with Crippen LogP contribution in [0.25, 0.3) is 0 Å². The Morgan fingerprint density at radius 3 is 2.11 bits per heavy atom. The van der Waals surface area contributed by atoms with Crippen molar-refractivity contribution in [3.63, 3.8) is 0 Å². The van der Waals surface area contributed by atoms with Crippen molar-refractivity contribution in [1.82, 2.24) is 10.2 Å². The van der Waals surface area contributed by atoms with Crippen LogP contribution < -0.4 is 5.32 Å². The number of rotatable bonds is 7. The molecule has 2 heterocycles. The average Bonchev–Trinajstić information content (AvgIpc) is 3.44. The van der Waals surface area contributed by atoms with Crippen LogP contribution in [0.3, 0.4) is 0 Å². The molecule has 2 aliphatic heterocycles. The lowest BCUT2D eigenvalue weighted by molar-refractivity contribution is -0.169. The first kappa shape index (κ1) is 22.9. The van der Waals surface area contributed by atoms with Gasteiger partial charge in [0, 0.05) is 6.42 Å². The van der Waals surface area contributed by atoms with Gasteiger partial charge in [-0.1, -0.05) is 91.0 Å². The molecule has 0 unspecified atom stereocenters. The average molecular weight is 499 g/mol. The van der Waals surface area contributed by atoms with Crippen molar-refractivity contribution in [2.24, 2.45) is 0 Å². The van der Waals surface area contributed by atoms with Gasteiger partial charge < -0.3 is 15.0 Å². The van der Waals surface area contributed by atoms with E-state index < -0.39 is 22.4 Å². The van der Waals surface area contributed by atoms with Gasteiger partial charge in [-0.15, -0.1) is 11.8 Å². The van der Waals surface area contributed by atoms with Crippen LogP contribution in [-0.2, 0) is 25.5 Å². The van der Waals surface area contributed by atoms with Crippen molar-refractivity contribution in [2.45, 2.75) is 47.6 Å². The molecule has 0 aromatic heterocycles. The van der Waals surface area contributed by atoms with Crippen molar-refractivity contribution < 1.29 is 19.1 Å². The third kappa shape index (κ3) is 3.53. The molecule has 1 saturated carbocycles. The molecule has 6 rings (SSSR count). The summed E-state index contributed by atoms with van der Waals surface area (Å²) in [4.78, 5) is 41.3. The molecule has 1 aliphatic carbocycles. The highest BCUT2D eigenvalue weighted by molar-refractivity contribution is 8.02. The van der Waals surface area contributed by atoms with E-state index in [1.807, 2.05) is 97.9 Å². The van der Waals surface area contributed by atoms with E-state index in [1.165, 1.54) is 0 Å². The Morgan fingerprint density at radius 1 is 0.972 bits per heavy atom. The minimum absolute atomic E-state index is 0.199. The number of hydrogen-bond acceptors (Lipinski definition) is 5. The molecular weight excluding hydrogens is 472 g/mol. The summed E-state index contributed by atoms with van der Waals surface area (Å²) in [6.45, 7) is 2.01. The lowest BCUT2D eigenvalue weighted by Gasteiger charge is -2.46. The Balaban J connectivity index is 1.20. The number of carbonyl (C=O) groups is 3. The van der Waals surface area contributed by atoms with Gasteiger partial charge in [0.25, 0.3) is 0 Å². The fraction of sp³-hybridized carbons (Fsp3) is 0.276. The normalized spacial score (nSPS) is 27.6. The second-order valence-corrected chi connectivity index (χ2v) is 11.4. The van der Waals surface area contributed by atoms with E-state index in [-0.39, 0.29) is 29.6 Å². The number of fused-ring (bicyclic) bond motifs is 3. The maximum absolute atomic E-state index is 13.8. The van der Waals surface area contributed by atoms with Crippen LogP contribution in [0.2, 0.25) is 0 Å². The van der Waals surface area contributed by atoms with Crippen LogP contribution in [0.4, 0.5) is 0 Å². The van der Waals surface area contributed by atoms with Gasteiger partial charge in [0.05, 0.1) is 11.2 Å². The van der Waals surface area contributed by atoms with Gasteiger partial charge in [-0.2, -0.15) is 0 Å². The smallest absolute Gasteiger partial charge is 0.334 e. The zero-order valence-electron chi connectivity index (χ0n) is 19.8. The minimum Gasteiger partial charge on any atom is -0.451 e. The van der Waals surface area contributed by atoms with E-state index in [0.717, 1.165) is 16.7 Å². The summed E-state index contributed by atoms with van der Waals surface area (Å²) < 4.78 is 5.75. The Labute approximate surface area is 214 Å². The molecule has 2 amide bonds. The third-order valence-electron chi connectivity index (χ3n) is 7.47. The number of thioether (sulfide) groups is 1. The highest BCUT2D eigenvalue weighted by atomic mass is 32.2. The molecule has 7 heteroatoms. The van der Waals surface area contributed by atoms with Crippen LogP contribution in [-0.4, -0.2) is 44.4 Å². The maximum atomic E-state index is 13.8. The SMILES string of the molecule is C[C@]12C[C@@]1(C(=O)OC(c1ccccc1)c1ccccc1)N1C(=O)[C@@H](NC(=O)Cc3ccccc3)[C@H]1S2. The molecule has 3 aliphatic rings. The van der Waals surface area contributed by atoms with E-state index >= 15 is 0 Å². The largest absolute Gasteiger partial charge is 0.451 e. The summed E-state index contributed by atoms with van der Waals surface area (Å²) in [7, 11) is 0. The molecule has 3 aromatic rings. The maximum Gasteiger partial charge on any atom is 0.334 e. The van der Waals surface area contributed by atoms with Gasteiger partial charge >= 0.3 is 5.97 Å². The number of β-lactam (4-membered cyclic amide) rings is 1. The van der Waals surface area contributed by atoms with E-state index in [9.17, 15) is 14.4 Å². The second-order valence-electron chi connectivity index (χ2n) is 9.80. The number of benzene rings is 3. The highest BCUT2D eigenvalue weighted by Crippen LogP contribution is 2.72. The van der Waals surface area contributed by atoms with Crippen LogP contribution in [0, 0.1) is 0 Å². The molecular formula is C29H26N2O4S. The topological polar surface area (TPSA) is 75.7 Å². The van der Waals surface area contributed by atoms with Crippen LogP contribution in [0.15, 0.2) is 91.0 Å². The van der Waals surface area contributed by atoms with E-state index in [2.05, 4.69) is 5.32 Å². The molecule has 1 N–H and O–H groups in total. The summed E-state index contributed by atoms with van der Waals surface area (Å²) in [6.07, 6.45) is 0.190. The van der Waals surface area contributed by atoms with Crippen molar-refractivity contribution in [1.29, 1.82) is 0 Å². The predicted molar refractivity (Wildman–Crippen MR) is 137 cm³/mol. The predicted octanol–water partition coefficient (Wildman–Crippen LogP) is 3.86. The van der Waals surface area contributed by atoms with Gasteiger partial charge in [-0.05, 0) is 23.6 Å². The van der Waals surface area contributed by atoms with Crippen LogP contribution >= 0.6 is 11.8 Å². The molecule has 6 nitrogen and oxygen atoms in total. The van der Waals surface area contributed by atoms with E-state index in [4.69, 9.17) is 4.74 Å². The first-order chi connectivity index (χ1) is 17.4. The van der Waals surface area contributed by atoms with Crippen molar-refractivity contribution >= 4 is 29.5 Å². The lowest BCUT2D eigenvalue weighted by atomic mass is 9.99. The summed E-state index contributed by atoms with van der Waals surface area (Å²) in [6, 6.07) is 28.1. The summed E-state index contributed by atoms with van der Waals surface area (Å²) in [5.74, 6) is -0.807. The number of esters is 1. The van der Waals surface area contributed by atoms with Crippen molar-refractivity contribution in [3.8, 4) is 0 Å². The minimum atomic E-state index is -0.998. The highest BCUT2D eigenvalue weighted by Gasteiger charge is 2.85. The van der Waals surface area contributed by atoms with Gasteiger partial charge in [0.15, 0.2) is 11.6 Å². The first-order valence-electron chi connectivity index (χ1n) is 12.1. The van der Waals surface area contributed by atoms with Gasteiger partial charge in [-0.3, -0.25) is 9.59 Å². The summed E-state index contributed by atoms with van der Waals surface area (Å²) in [5, 5.41) is 2.62. The number of nitrogens with zero attached hydrogens (tertiary/aromatic N) is 1.